The van der Waals surface area contributed by atoms with E-state index < -0.39 is 9.92 Å². The van der Waals surface area contributed by atoms with Crippen LogP contribution in [-0.4, -0.2) is 10.4 Å². The number of hydrogen-bond donors (Lipinski definition) is 1. The van der Waals surface area contributed by atoms with Crippen molar-refractivity contribution in [3.63, 3.8) is 0 Å². The van der Waals surface area contributed by atoms with E-state index >= 15 is 0 Å². The first kappa shape index (κ1) is 23.8. The van der Waals surface area contributed by atoms with E-state index in [0.29, 0.717) is 29.5 Å². The van der Waals surface area contributed by atoms with Crippen LogP contribution in [0.1, 0.15) is 29.3 Å². The largest absolute Gasteiger partial charge is 0.487 e. The molecule has 1 unspecified atom stereocenters. The van der Waals surface area contributed by atoms with Crippen LogP contribution < -0.4 is 15.0 Å². The van der Waals surface area contributed by atoms with E-state index in [9.17, 15) is 4.79 Å². The second-order valence-electron chi connectivity index (χ2n) is 7.33. The van der Waals surface area contributed by atoms with Gasteiger partial charge in [0.1, 0.15) is 17.4 Å². The maximum absolute atomic E-state index is 12.8. The fourth-order valence-corrected chi connectivity index (χ4v) is 4.75. The fraction of sp³-hybridized carbons (Fsp3) is 0.217. The summed E-state index contributed by atoms with van der Waals surface area (Å²) in [6.45, 7) is 2.65. The summed E-state index contributed by atoms with van der Waals surface area (Å²) in [5.74, 6) is 1.34. The Labute approximate surface area is 209 Å². The molecule has 172 valence electrons. The van der Waals surface area contributed by atoms with Gasteiger partial charge in [-0.1, -0.05) is 66.5 Å². The Morgan fingerprint density at radius 2 is 1.91 bits per heavy atom. The topological polar surface area (TPSA) is 64.9 Å². The van der Waals surface area contributed by atoms with E-state index in [4.69, 9.17) is 43.4 Å². The lowest BCUT2D eigenvalue weighted by molar-refractivity contribution is 0.292. The molecule has 2 heterocycles. The van der Waals surface area contributed by atoms with E-state index in [1.807, 2.05) is 48.5 Å². The maximum Gasteiger partial charge on any atom is 0.269 e. The molecule has 0 amide bonds. The van der Waals surface area contributed by atoms with Gasteiger partial charge in [0.2, 0.25) is 0 Å². The van der Waals surface area contributed by atoms with Gasteiger partial charge in [0.05, 0.1) is 10.7 Å². The second kappa shape index (κ2) is 10.7. The minimum atomic E-state index is -0.810. The number of amidine groups is 1. The van der Waals surface area contributed by atoms with Crippen LogP contribution in [0.2, 0.25) is 10.0 Å². The molecule has 33 heavy (non-hydrogen) atoms. The Kier molecular flexibility index (Phi) is 7.70. The first-order chi connectivity index (χ1) is 15.9. The van der Waals surface area contributed by atoms with Gasteiger partial charge in [-0.3, -0.25) is 13.8 Å². The number of pyridine rings is 1. The predicted octanol–water partition coefficient (Wildman–Crippen LogP) is 4.73. The Bertz CT molecular complexity index is 1280. The van der Waals surface area contributed by atoms with Gasteiger partial charge in [0.15, 0.2) is 15.8 Å². The van der Waals surface area contributed by atoms with Crippen molar-refractivity contribution >= 4 is 50.1 Å². The lowest BCUT2D eigenvalue weighted by Crippen LogP contribution is -2.26. The SMILES string of the molecule is CCc1cccc(OCc2c(Cl)cc(Cl)c(=O)n2CCc2ccc(C3=NOS(=S)N3)cc2)c1. The van der Waals surface area contributed by atoms with Crippen LogP contribution in [0, 0.1) is 0 Å². The molecule has 1 atom stereocenters. The van der Waals surface area contributed by atoms with Gasteiger partial charge in [-0.25, -0.2) is 0 Å². The molecule has 0 bridgehead atoms. The highest BCUT2D eigenvalue weighted by Gasteiger charge is 2.15. The molecule has 1 aliphatic rings. The van der Waals surface area contributed by atoms with Crippen LogP contribution in [-0.2, 0) is 51.4 Å². The van der Waals surface area contributed by atoms with Crippen molar-refractivity contribution < 1.29 is 9.02 Å². The van der Waals surface area contributed by atoms with Crippen molar-refractivity contribution in [2.75, 3.05) is 0 Å². The van der Waals surface area contributed by atoms with Crippen LogP contribution in [0.15, 0.2) is 64.5 Å². The quantitative estimate of drug-likeness (QED) is 0.464. The predicted molar refractivity (Wildman–Crippen MR) is 137 cm³/mol. The molecule has 1 aromatic heterocycles. The molecule has 0 aliphatic carbocycles. The van der Waals surface area contributed by atoms with Crippen molar-refractivity contribution in [1.82, 2.24) is 9.29 Å². The molecule has 0 spiro atoms. The van der Waals surface area contributed by atoms with Gasteiger partial charge in [0.25, 0.3) is 5.56 Å². The van der Waals surface area contributed by atoms with Crippen molar-refractivity contribution in [2.24, 2.45) is 5.16 Å². The summed E-state index contributed by atoms with van der Waals surface area (Å²) < 4.78 is 15.5. The lowest BCUT2D eigenvalue weighted by atomic mass is 10.1. The van der Waals surface area contributed by atoms with Gasteiger partial charge in [-0.05, 0) is 47.3 Å². The number of halogens is 2. The smallest absolute Gasteiger partial charge is 0.269 e. The zero-order valence-electron chi connectivity index (χ0n) is 17.7. The summed E-state index contributed by atoms with van der Waals surface area (Å²) in [5, 5.41) is 4.41. The molecule has 1 N–H and O–H groups in total. The number of aryl methyl sites for hydroxylation is 2. The molecule has 0 fully saturated rings. The Balaban J connectivity index is 1.50. The first-order valence-corrected chi connectivity index (χ1v) is 13.1. The molecule has 3 aromatic rings. The average molecular weight is 522 g/mol. The minimum absolute atomic E-state index is 0.0803. The Morgan fingerprint density at radius 3 is 2.61 bits per heavy atom. The van der Waals surface area contributed by atoms with Crippen molar-refractivity contribution in [3.05, 3.63) is 97.4 Å². The van der Waals surface area contributed by atoms with Crippen LogP contribution in [0.4, 0.5) is 0 Å². The highest BCUT2D eigenvalue weighted by molar-refractivity contribution is 8.25. The minimum Gasteiger partial charge on any atom is -0.487 e. The van der Waals surface area contributed by atoms with Crippen molar-refractivity contribution in [2.45, 2.75) is 32.9 Å². The molecule has 0 radical (unpaired) electrons. The number of oxime groups is 1. The van der Waals surface area contributed by atoms with Crippen LogP contribution in [0.3, 0.4) is 0 Å². The number of benzene rings is 2. The molecular formula is C23H21Cl2N3O3S2. The maximum atomic E-state index is 12.8. The monoisotopic (exact) mass is 521 g/mol. The standard InChI is InChI=1S/C23H21Cl2N3O3S2/c1-2-15-4-3-5-18(12-15)30-14-21-19(24)13-20(25)23(29)28(21)11-10-16-6-8-17(9-7-16)22-26-31-33(32)27-22/h3-9,12-13H,2,10-11,14H2,1H3,(H,26,27). The van der Waals surface area contributed by atoms with E-state index in [1.165, 1.54) is 11.6 Å². The van der Waals surface area contributed by atoms with E-state index in [-0.39, 0.29) is 17.2 Å². The molecule has 1 aliphatic heterocycles. The van der Waals surface area contributed by atoms with Gasteiger partial charge >= 0.3 is 0 Å². The fourth-order valence-electron chi connectivity index (χ4n) is 3.40. The highest BCUT2D eigenvalue weighted by atomic mass is 35.5. The van der Waals surface area contributed by atoms with Crippen molar-refractivity contribution in [3.8, 4) is 5.75 Å². The summed E-state index contributed by atoms with van der Waals surface area (Å²) >= 11 is 17.6. The third-order valence-corrected chi connectivity index (χ3v) is 6.81. The third kappa shape index (κ3) is 5.76. The zero-order chi connectivity index (χ0) is 23.4. The van der Waals surface area contributed by atoms with Crippen LogP contribution >= 0.6 is 23.2 Å². The number of hydrogen-bond acceptors (Lipinski definition) is 5. The van der Waals surface area contributed by atoms with Gasteiger partial charge in [-0.15, -0.1) is 0 Å². The van der Waals surface area contributed by atoms with Crippen LogP contribution in [0.5, 0.6) is 5.75 Å². The summed E-state index contributed by atoms with van der Waals surface area (Å²) in [7, 11) is -0.810. The summed E-state index contributed by atoms with van der Waals surface area (Å²) in [5.41, 5.74) is 3.39. The summed E-state index contributed by atoms with van der Waals surface area (Å²) in [6, 6.07) is 17.1. The first-order valence-electron chi connectivity index (χ1n) is 10.3. The molecular weight excluding hydrogens is 501 g/mol. The van der Waals surface area contributed by atoms with E-state index in [2.05, 4.69) is 16.8 Å². The third-order valence-electron chi connectivity index (χ3n) is 5.21. The molecule has 4 rings (SSSR count). The number of ether oxygens (including phenoxy) is 1. The normalized spacial score (nSPS) is 15.0. The van der Waals surface area contributed by atoms with E-state index in [1.54, 1.807) is 4.57 Å². The molecule has 0 saturated carbocycles. The average Bonchev–Trinajstić information content (AvgIpc) is 3.26. The van der Waals surface area contributed by atoms with Gasteiger partial charge in [-0.2, -0.15) is 0 Å². The lowest BCUT2D eigenvalue weighted by Gasteiger charge is -2.16. The molecule has 2 aromatic carbocycles. The molecule has 10 heteroatoms. The second-order valence-corrected chi connectivity index (χ2v) is 9.88. The summed E-state index contributed by atoms with van der Waals surface area (Å²) in [6.07, 6.45) is 1.52. The van der Waals surface area contributed by atoms with E-state index in [0.717, 1.165) is 23.3 Å². The Hall–Kier alpha value is -2.39. The molecule has 6 nitrogen and oxygen atoms in total. The zero-order valence-corrected chi connectivity index (χ0v) is 20.9. The van der Waals surface area contributed by atoms with Gasteiger partial charge < -0.3 is 9.30 Å². The number of nitrogens with one attached hydrogen (secondary N) is 1. The van der Waals surface area contributed by atoms with Crippen molar-refractivity contribution in [1.29, 1.82) is 0 Å². The summed E-state index contributed by atoms with van der Waals surface area (Å²) in [4.78, 5) is 12.8. The number of rotatable bonds is 8. The highest BCUT2D eigenvalue weighted by Crippen LogP contribution is 2.22. The number of aromatic nitrogens is 1. The van der Waals surface area contributed by atoms with Gasteiger partial charge in [0, 0.05) is 23.3 Å². The van der Waals surface area contributed by atoms with Crippen LogP contribution in [0.25, 0.3) is 0 Å². The molecule has 0 saturated heterocycles. The number of nitrogens with zero attached hydrogens (tertiary/aromatic N) is 2. The Morgan fingerprint density at radius 1 is 1.12 bits per heavy atom.